The van der Waals surface area contributed by atoms with Crippen molar-refractivity contribution in [1.82, 2.24) is 10.2 Å². The Morgan fingerprint density at radius 1 is 1.14 bits per heavy atom. The van der Waals surface area contributed by atoms with Crippen molar-refractivity contribution in [2.24, 2.45) is 5.92 Å². The van der Waals surface area contributed by atoms with Crippen LogP contribution < -0.4 is 5.32 Å². The van der Waals surface area contributed by atoms with Crippen molar-refractivity contribution in [3.8, 4) is 0 Å². The minimum Gasteiger partial charge on any atom is -0.378 e. The summed E-state index contributed by atoms with van der Waals surface area (Å²) in [6.07, 6.45) is 6.16. The molecule has 2 heterocycles. The minimum atomic E-state index is 0.426. The van der Waals surface area contributed by atoms with Crippen LogP contribution in [0.2, 0.25) is 0 Å². The minimum absolute atomic E-state index is 0.426. The van der Waals surface area contributed by atoms with Crippen LogP contribution in [0.4, 0.5) is 0 Å². The zero-order valence-electron chi connectivity index (χ0n) is 14.1. The first-order valence-electron chi connectivity index (χ1n) is 8.87. The lowest BCUT2D eigenvalue weighted by Crippen LogP contribution is -2.41. The van der Waals surface area contributed by atoms with Crippen molar-refractivity contribution >= 4 is 0 Å². The van der Waals surface area contributed by atoms with Crippen LogP contribution in [0.1, 0.15) is 46.5 Å². The Morgan fingerprint density at radius 2 is 1.86 bits per heavy atom. The number of likely N-dealkylation sites (tertiary alicyclic amines) is 1. The van der Waals surface area contributed by atoms with Gasteiger partial charge in [0.05, 0.1) is 18.3 Å². The average Bonchev–Trinajstić information content (AvgIpc) is 2.88. The molecule has 4 nitrogen and oxygen atoms in total. The van der Waals surface area contributed by atoms with Gasteiger partial charge in [-0.05, 0) is 45.1 Å². The Hall–Kier alpha value is -0.160. The summed E-state index contributed by atoms with van der Waals surface area (Å²) in [5.41, 5.74) is 0. The lowest BCUT2D eigenvalue weighted by molar-refractivity contribution is -0.0120. The van der Waals surface area contributed by atoms with Crippen LogP contribution in [-0.4, -0.2) is 62.5 Å². The molecule has 2 fully saturated rings. The van der Waals surface area contributed by atoms with Gasteiger partial charge in [-0.2, -0.15) is 0 Å². The summed E-state index contributed by atoms with van der Waals surface area (Å²) in [4.78, 5) is 2.56. The van der Waals surface area contributed by atoms with Crippen LogP contribution in [0.5, 0.6) is 0 Å². The summed E-state index contributed by atoms with van der Waals surface area (Å²) in [6, 6.07) is 0. The van der Waals surface area contributed by atoms with Crippen LogP contribution in [0.25, 0.3) is 0 Å². The van der Waals surface area contributed by atoms with Gasteiger partial charge >= 0.3 is 0 Å². The first-order valence-corrected chi connectivity index (χ1v) is 8.87. The molecular weight excluding hydrogens is 264 g/mol. The van der Waals surface area contributed by atoms with Gasteiger partial charge in [-0.15, -0.1) is 0 Å². The smallest absolute Gasteiger partial charge is 0.0707 e. The predicted molar refractivity (Wildman–Crippen MR) is 86.7 cm³/mol. The zero-order chi connectivity index (χ0) is 15.1. The number of hydrogen-bond acceptors (Lipinski definition) is 4. The highest BCUT2D eigenvalue weighted by Gasteiger charge is 2.28. The van der Waals surface area contributed by atoms with Gasteiger partial charge in [0.2, 0.25) is 0 Å². The molecule has 0 spiro atoms. The van der Waals surface area contributed by atoms with E-state index in [9.17, 15) is 0 Å². The second-order valence-electron chi connectivity index (χ2n) is 6.96. The van der Waals surface area contributed by atoms with E-state index in [1.165, 1.54) is 38.8 Å². The largest absolute Gasteiger partial charge is 0.378 e. The molecule has 0 saturated carbocycles. The number of piperidine rings is 1. The molecule has 2 rings (SSSR count). The van der Waals surface area contributed by atoms with Gasteiger partial charge in [-0.25, -0.2) is 0 Å². The Kier molecular flexibility index (Phi) is 7.44. The Bertz CT molecular complexity index is 278. The maximum atomic E-state index is 6.18. The van der Waals surface area contributed by atoms with E-state index in [0.717, 1.165) is 26.2 Å². The van der Waals surface area contributed by atoms with Gasteiger partial charge < -0.3 is 19.7 Å². The van der Waals surface area contributed by atoms with E-state index < -0.39 is 0 Å². The highest BCUT2D eigenvalue weighted by atomic mass is 16.5. The molecule has 21 heavy (non-hydrogen) atoms. The van der Waals surface area contributed by atoms with Crippen LogP contribution in [0, 0.1) is 5.92 Å². The SMILES string of the molecule is CCOC1CCN(CC2CCC(CNCC(C)C)O2)CC1. The van der Waals surface area contributed by atoms with Crippen molar-refractivity contribution in [3.63, 3.8) is 0 Å². The monoisotopic (exact) mass is 298 g/mol. The number of rotatable bonds is 8. The molecule has 2 atom stereocenters. The van der Waals surface area contributed by atoms with Crippen LogP contribution >= 0.6 is 0 Å². The Morgan fingerprint density at radius 3 is 2.52 bits per heavy atom. The normalized spacial score (nSPS) is 28.6. The number of nitrogens with zero attached hydrogens (tertiary/aromatic N) is 1. The quantitative estimate of drug-likeness (QED) is 0.745. The van der Waals surface area contributed by atoms with Gasteiger partial charge in [-0.3, -0.25) is 0 Å². The summed E-state index contributed by atoms with van der Waals surface area (Å²) in [7, 11) is 0. The van der Waals surface area contributed by atoms with Crippen LogP contribution in [0.3, 0.4) is 0 Å². The third-order valence-electron chi connectivity index (χ3n) is 4.52. The van der Waals surface area contributed by atoms with Gasteiger partial charge in [0, 0.05) is 32.8 Å². The fourth-order valence-corrected chi connectivity index (χ4v) is 3.38. The lowest BCUT2D eigenvalue weighted by Gasteiger charge is -2.33. The van der Waals surface area contributed by atoms with E-state index in [-0.39, 0.29) is 0 Å². The highest BCUT2D eigenvalue weighted by molar-refractivity contribution is 4.80. The number of nitrogens with one attached hydrogen (secondary N) is 1. The van der Waals surface area contributed by atoms with Crippen LogP contribution in [0.15, 0.2) is 0 Å². The first-order chi connectivity index (χ1) is 10.2. The van der Waals surface area contributed by atoms with Gasteiger partial charge in [-0.1, -0.05) is 13.8 Å². The van der Waals surface area contributed by atoms with E-state index in [2.05, 4.69) is 31.0 Å². The first kappa shape index (κ1) is 17.2. The molecule has 2 saturated heterocycles. The average molecular weight is 298 g/mol. The van der Waals surface area contributed by atoms with Crippen molar-refractivity contribution in [2.45, 2.75) is 64.8 Å². The van der Waals surface area contributed by atoms with E-state index in [1.54, 1.807) is 0 Å². The topological polar surface area (TPSA) is 33.7 Å². The molecule has 2 aliphatic rings. The third kappa shape index (κ3) is 6.23. The van der Waals surface area contributed by atoms with Gasteiger partial charge in [0.25, 0.3) is 0 Å². The lowest BCUT2D eigenvalue weighted by atomic mass is 10.1. The van der Waals surface area contributed by atoms with E-state index in [4.69, 9.17) is 9.47 Å². The Balaban J connectivity index is 1.58. The molecule has 0 aromatic rings. The van der Waals surface area contributed by atoms with E-state index in [0.29, 0.717) is 24.2 Å². The molecule has 124 valence electrons. The van der Waals surface area contributed by atoms with Crippen molar-refractivity contribution in [1.29, 1.82) is 0 Å². The summed E-state index contributed by atoms with van der Waals surface area (Å²) < 4.78 is 11.9. The van der Waals surface area contributed by atoms with Gasteiger partial charge in [0.15, 0.2) is 0 Å². The fraction of sp³-hybridized carbons (Fsp3) is 1.00. The molecule has 2 unspecified atom stereocenters. The van der Waals surface area contributed by atoms with Gasteiger partial charge in [0.1, 0.15) is 0 Å². The standard InChI is InChI=1S/C17H34N2O2/c1-4-20-15-7-9-19(10-8-15)13-17-6-5-16(21-17)12-18-11-14(2)3/h14-18H,4-13H2,1-3H3. The molecule has 1 N–H and O–H groups in total. The molecule has 2 aliphatic heterocycles. The third-order valence-corrected chi connectivity index (χ3v) is 4.52. The molecule has 0 bridgehead atoms. The summed E-state index contributed by atoms with van der Waals surface area (Å²) in [6.45, 7) is 13.0. The van der Waals surface area contributed by atoms with Crippen molar-refractivity contribution in [2.75, 3.05) is 39.3 Å². The molecular formula is C17H34N2O2. The molecule has 0 amide bonds. The number of ether oxygens (including phenoxy) is 2. The van der Waals surface area contributed by atoms with Crippen molar-refractivity contribution < 1.29 is 9.47 Å². The molecule has 4 heteroatoms. The second kappa shape index (κ2) is 9.09. The summed E-state index contributed by atoms with van der Waals surface area (Å²) >= 11 is 0. The zero-order valence-corrected chi connectivity index (χ0v) is 14.1. The second-order valence-corrected chi connectivity index (χ2v) is 6.96. The maximum Gasteiger partial charge on any atom is 0.0707 e. The molecule has 0 radical (unpaired) electrons. The van der Waals surface area contributed by atoms with Crippen LogP contribution in [-0.2, 0) is 9.47 Å². The number of hydrogen-bond donors (Lipinski definition) is 1. The summed E-state index contributed by atoms with van der Waals surface area (Å²) in [5.74, 6) is 0.717. The molecule has 0 aromatic carbocycles. The molecule has 0 aromatic heterocycles. The van der Waals surface area contributed by atoms with E-state index >= 15 is 0 Å². The summed E-state index contributed by atoms with van der Waals surface area (Å²) in [5, 5.41) is 3.52. The van der Waals surface area contributed by atoms with Crippen molar-refractivity contribution in [3.05, 3.63) is 0 Å². The van der Waals surface area contributed by atoms with E-state index in [1.807, 2.05) is 0 Å². The predicted octanol–water partition coefficient (Wildman–Crippen LogP) is 2.28. The maximum absolute atomic E-state index is 6.18. The fourth-order valence-electron chi connectivity index (χ4n) is 3.38. The highest BCUT2D eigenvalue weighted by Crippen LogP contribution is 2.22. The molecule has 0 aliphatic carbocycles. The Labute approximate surface area is 130 Å².